The van der Waals surface area contributed by atoms with Crippen LogP contribution in [-0.2, 0) is 6.54 Å². The largest absolute Gasteiger partial charge is 0.495 e. The average Bonchev–Trinajstić information content (AvgIpc) is 3.29. The molecular formula is C24H23ClN4O3S. The summed E-state index contributed by atoms with van der Waals surface area (Å²) >= 11 is 7.52. The third-order valence-electron chi connectivity index (χ3n) is 5.23. The third-order valence-corrected chi connectivity index (χ3v) is 6.28. The van der Waals surface area contributed by atoms with Crippen LogP contribution < -0.4 is 15.6 Å². The standard InChI is InChI=1S/C24H23ClN4O3S/c1-3-4-7-12-29-23(31)17-9-6-5-8-16(17)21(28-29)22(30)27-24-26-19(14-33-24)15-10-11-20(32-2)18(25)13-15/h5-6,8-11,13-14H,3-4,7,12H2,1-2H3,(H,26,27,30). The van der Waals surface area contributed by atoms with E-state index in [2.05, 4.69) is 22.3 Å². The van der Waals surface area contributed by atoms with Gasteiger partial charge in [-0.15, -0.1) is 11.3 Å². The Morgan fingerprint density at radius 3 is 2.70 bits per heavy atom. The van der Waals surface area contributed by atoms with Gasteiger partial charge < -0.3 is 4.74 Å². The number of ether oxygens (including phenoxy) is 1. The molecule has 0 bridgehead atoms. The molecule has 0 atom stereocenters. The van der Waals surface area contributed by atoms with Crippen LogP contribution in [0.15, 0.2) is 52.6 Å². The Bertz CT molecular complexity index is 1370. The first-order chi connectivity index (χ1) is 16.0. The van der Waals surface area contributed by atoms with Crippen LogP contribution in [0.1, 0.15) is 36.7 Å². The van der Waals surface area contributed by atoms with E-state index in [0.717, 1.165) is 24.8 Å². The molecule has 0 spiro atoms. The van der Waals surface area contributed by atoms with Crippen molar-refractivity contribution in [3.05, 3.63) is 68.9 Å². The van der Waals surface area contributed by atoms with Gasteiger partial charge in [0.1, 0.15) is 5.75 Å². The highest BCUT2D eigenvalue weighted by molar-refractivity contribution is 7.14. The molecule has 0 saturated heterocycles. The Kier molecular flexibility index (Phi) is 7.05. The first-order valence-corrected chi connectivity index (χ1v) is 11.9. The minimum absolute atomic E-state index is 0.189. The molecule has 2 aromatic carbocycles. The summed E-state index contributed by atoms with van der Waals surface area (Å²) in [4.78, 5) is 30.5. The van der Waals surface area contributed by atoms with Crippen LogP contribution in [0.2, 0.25) is 5.02 Å². The van der Waals surface area contributed by atoms with Crippen molar-refractivity contribution in [2.75, 3.05) is 12.4 Å². The second-order valence-corrected chi connectivity index (χ2v) is 8.74. The van der Waals surface area contributed by atoms with E-state index >= 15 is 0 Å². The predicted octanol–water partition coefficient (Wildman–Crippen LogP) is 5.62. The SMILES string of the molecule is CCCCCn1nc(C(=O)Nc2nc(-c3ccc(OC)c(Cl)c3)cs2)c2ccccc2c1=O. The number of hydrogen-bond acceptors (Lipinski definition) is 6. The zero-order chi connectivity index (χ0) is 23.4. The number of carbonyl (C=O) groups is 1. The molecule has 0 aliphatic carbocycles. The van der Waals surface area contributed by atoms with E-state index in [4.69, 9.17) is 16.3 Å². The van der Waals surface area contributed by atoms with Crippen LogP contribution in [-0.4, -0.2) is 27.8 Å². The molecule has 0 fully saturated rings. The van der Waals surface area contributed by atoms with Gasteiger partial charge in [0.25, 0.3) is 11.5 Å². The van der Waals surface area contributed by atoms with Gasteiger partial charge >= 0.3 is 0 Å². The summed E-state index contributed by atoms with van der Waals surface area (Å²) in [5, 5.41) is 11.0. The highest BCUT2D eigenvalue weighted by Crippen LogP contribution is 2.32. The fourth-order valence-corrected chi connectivity index (χ4v) is 4.48. The molecule has 2 aromatic heterocycles. The lowest BCUT2D eigenvalue weighted by atomic mass is 10.1. The third kappa shape index (κ3) is 4.91. The number of benzene rings is 2. The summed E-state index contributed by atoms with van der Waals surface area (Å²) < 4.78 is 6.58. The van der Waals surface area contributed by atoms with Gasteiger partial charge in [-0.05, 0) is 30.7 Å². The monoisotopic (exact) mass is 482 g/mol. The minimum Gasteiger partial charge on any atom is -0.495 e. The molecule has 0 saturated carbocycles. The van der Waals surface area contributed by atoms with E-state index in [9.17, 15) is 9.59 Å². The van der Waals surface area contributed by atoms with Crippen LogP contribution in [0.5, 0.6) is 5.75 Å². The number of aromatic nitrogens is 3. The highest BCUT2D eigenvalue weighted by Gasteiger charge is 2.18. The highest BCUT2D eigenvalue weighted by atomic mass is 35.5. The Balaban J connectivity index is 1.62. The molecule has 0 unspecified atom stereocenters. The second kappa shape index (κ2) is 10.1. The number of nitrogens with zero attached hydrogens (tertiary/aromatic N) is 3. The molecule has 4 rings (SSSR count). The maximum absolute atomic E-state index is 13.1. The quantitative estimate of drug-likeness (QED) is 0.329. The fourth-order valence-electron chi connectivity index (χ4n) is 3.51. The van der Waals surface area contributed by atoms with Crippen LogP contribution >= 0.6 is 22.9 Å². The smallest absolute Gasteiger partial charge is 0.278 e. The Hall–Kier alpha value is -3.23. The molecule has 7 nitrogen and oxygen atoms in total. The number of unbranched alkanes of at least 4 members (excludes halogenated alkanes) is 2. The number of aryl methyl sites for hydroxylation is 1. The van der Waals surface area contributed by atoms with Crippen molar-refractivity contribution in [3.8, 4) is 17.0 Å². The van der Waals surface area contributed by atoms with Crippen LogP contribution in [0, 0.1) is 0 Å². The van der Waals surface area contributed by atoms with E-state index in [-0.39, 0.29) is 11.3 Å². The van der Waals surface area contributed by atoms with Crippen LogP contribution in [0.25, 0.3) is 22.0 Å². The molecule has 33 heavy (non-hydrogen) atoms. The van der Waals surface area contributed by atoms with Gasteiger partial charge in [0.05, 0.1) is 23.2 Å². The second-order valence-electron chi connectivity index (χ2n) is 7.47. The normalized spacial score (nSPS) is 11.0. The number of anilines is 1. The van der Waals surface area contributed by atoms with E-state index < -0.39 is 5.91 Å². The number of fused-ring (bicyclic) bond motifs is 1. The summed E-state index contributed by atoms with van der Waals surface area (Å²) in [5.41, 5.74) is 1.50. The summed E-state index contributed by atoms with van der Waals surface area (Å²) in [6.07, 6.45) is 2.84. The fraction of sp³-hybridized carbons (Fsp3) is 0.250. The first-order valence-electron chi connectivity index (χ1n) is 10.6. The number of rotatable bonds is 8. The lowest BCUT2D eigenvalue weighted by molar-refractivity contribution is 0.102. The summed E-state index contributed by atoms with van der Waals surface area (Å²) in [6.45, 7) is 2.56. The van der Waals surface area contributed by atoms with E-state index in [0.29, 0.717) is 38.9 Å². The molecule has 1 N–H and O–H groups in total. The number of hydrogen-bond donors (Lipinski definition) is 1. The number of halogens is 1. The summed E-state index contributed by atoms with van der Waals surface area (Å²) in [5.74, 6) is 0.167. The van der Waals surface area contributed by atoms with Gasteiger partial charge in [0.15, 0.2) is 10.8 Å². The minimum atomic E-state index is -0.413. The van der Waals surface area contributed by atoms with Crippen LogP contribution in [0.4, 0.5) is 5.13 Å². The number of nitrogens with one attached hydrogen (secondary N) is 1. The number of amides is 1. The first kappa shape index (κ1) is 22.9. The lowest BCUT2D eigenvalue weighted by Crippen LogP contribution is -2.27. The van der Waals surface area contributed by atoms with Crippen molar-refractivity contribution in [1.82, 2.24) is 14.8 Å². The summed E-state index contributed by atoms with van der Waals surface area (Å²) in [6, 6.07) is 12.4. The van der Waals surface area contributed by atoms with Gasteiger partial charge in [0.2, 0.25) is 0 Å². The summed E-state index contributed by atoms with van der Waals surface area (Å²) in [7, 11) is 1.56. The van der Waals surface area contributed by atoms with Gasteiger partial charge in [-0.1, -0.05) is 49.6 Å². The molecule has 9 heteroatoms. The number of thiazole rings is 1. The molecule has 1 amide bonds. The van der Waals surface area contributed by atoms with Gasteiger partial charge in [-0.3, -0.25) is 14.9 Å². The molecule has 0 aliphatic heterocycles. The van der Waals surface area contributed by atoms with Crippen molar-refractivity contribution in [2.45, 2.75) is 32.7 Å². The van der Waals surface area contributed by atoms with Crippen LogP contribution in [0.3, 0.4) is 0 Å². The maximum atomic E-state index is 13.1. The molecule has 2 heterocycles. The maximum Gasteiger partial charge on any atom is 0.278 e. The van der Waals surface area contributed by atoms with E-state index in [1.54, 1.807) is 43.5 Å². The Labute approximate surface area is 200 Å². The molecule has 4 aromatic rings. The lowest BCUT2D eigenvalue weighted by Gasteiger charge is -2.10. The van der Waals surface area contributed by atoms with Gasteiger partial charge in [-0.25, -0.2) is 9.67 Å². The molecule has 0 aliphatic rings. The topological polar surface area (TPSA) is 86.1 Å². The Morgan fingerprint density at radius 2 is 1.97 bits per heavy atom. The van der Waals surface area contributed by atoms with Crippen molar-refractivity contribution in [2.24, 2.45) is 0 Å². The zero-order valence-electron chi connectivity index (χ0n) is 18.3. The zero-order valence-corrected chi connectivity index (χ0v) is 19.9. The molecule has 170 valence electrons. The van der Waals surface area contributed by atoms with E-state index in [1.165, 1.54) is 16.0 Å². The van der Waals surface area contributed by atoms with Crippen molar-refractivity contribution >= 4 is 44.7 Å². The molecular weight excluding hydrogens is 460 g/mol. The van der Waals surface area contributed by atoms with Crippen molar-refractivity contribution in [3.63, 3.8) is 0 Å². The average molecular weight is 483 g/mol. The van der Waals surface area contributed by atoms with Gasteiger partial charge in [0, 0.05) is 22.9 Å². The van der Waals surface area contributed by atoms with Crippen molar-refractivity contribution < 1.29 is 9.53 Å². The molecule has 0 radical (unpaired) electrons. The van der Waals surface area contributed by atoms with Crippen molar-refractivity contribution in [1.29, 1.82) is 0 Å². The number of methoxy groups -OCH3 is 1. The predicted molar refractivity (Wildman–Crippen MR) is 133 cm³/mol. The Morgan fingerprint density at radius 1 is 1.18 bits per heavy atom. The van der Waals surface area contributed by atoms with E-state index in [1.807, 2.05) is 11.4 Å². The van der Waals surface area contributed by atoms with Gasteiger partial charge in [-0.2, -0.15) is 5.10 Å². The number of carbonyl (C=O) groups excluding carboxylic acids is 1.